The third kappa shape index (κ3) is 1.87. The molecule has 0 unspecified atom stereocenters. The Morgan fingerprint density at radius 2 is 2.00 bits per heavy atom. The molecule has 0 aliphatic rings. The van der Waals surface area contributed by atoms with E-state index in [1.807, 2.05) is 12.1 Å². The SMILES string of the molecule is Cc1ccc(Nc2cnc[nH]2)cc1. The van der Waals surface area contributed by atoms with Gasteiger partial charge in [0.05, 0.1) is 12.5 Å². The maximum Gasteiger partial charge on any atom is 0.127 e. The number of benzene rings is 1. The molecule has 0 aliphatic carbocycles. The molecule has 0 radical (unpaired) electrons. The predicted molar refractivity (Wildman–Crippen MR) is 53.0 cm³/mol. The second kappa shape index (κ2) is 3.31. The molecule has 1 aromatic heterocycles. The first-order valence-corrected chi connectivity index (χ1v) is 4.17. The molecule has 2 aromatic rings. The van der Waals surface area contributed by atoms with Gasteiger partial charge in [-0.1, -0.05) is 17.7 Å². The van der Waals surface area contributed by atoms with Gasteiger partial charge in [0, 0.05) is 5.69 Å². The first-order valence-electron chi connectivity index (χ1n) is 4.17. The fraction of sp³-hybridized carbons (Fsp3) is 0.100. The Labute approximate surface area is 76.8 Å². The van der Waals surface area contributed by atoms with Crippen LogP contribution in [0.15, 0.2) is 36.8 Å². The van der Waals surface area contributed by atoms with Crippen LogP contribution in [-0.4, -0.2) is 9.97 Å². The normalized spacial score (nSPS) is 9.92. The molecule has 1 heterocycles. The number of hydrogen-bond donors (Lipinski definition) is 2. The van der Waals surface area contributed by atoms with Crippen LogP contribution in [0.25, 0.3) is 0 Å². The van der Waals surface area contributed by atoms with E-state index in [1.165, 1.54) is 5.56 Å². The minimum Gasteiger partial charge on any atom is -0.340 e. The molecule has 3 nitrogen and oxygen atoms in total. The van der Waals surface area contributed by atoms with Crippen LogP contribution in [0.3, 0.4) is 0 Å². The van der Waals surface area contributed by atoms with E-state index in [4.69, 9.17) is 0 Å². The molecule has 13 heavy (non-hydrogen) atoms. The van der Waals surface area contributed by atoms with Crippen molar-refractivity contribution in [3.8, 4) is 0 Å². The standard InChI is InChI=1S/C10H11N3/c1-8-2-4-9(5-3-8)13-10-6-11-7-12-10/h2-7,13H,1H3,(H,11,12). The molecule has 0 aliphatic heterocycles. The number of nitrogens with one attached hydrogen (secondary N) is 2. The van der Waals surface area contributed by atoms with Crippen molar-refractivity contribution >= 4 is 11.5 Å². The minimum absolute atomic E-state index is 0.906. The monoisotopic (exact) mass is 173 g/mol. The molecule has 0 saturated carbocycles. The smallest absolute Gasteiger partial charge is 0.127 e. The molecule has 2 N–H and O–H groups in total. The Morgan fingerprint density at radius 1 is 1.23 bits per heavy atom. The van der Waals surface area contributed by atoms with E-state index in [0.717, 1.165) is 11.5 Å². The second-order valence-corrected chi connectivity index (χ2v) is 2.96. The molecule has 2 rings (SSSR count). The summed E-state index contributed by atoms with van der Waals surface area (Å²) in [4.78, 5) is 6.90. The van der Waals surface area contributed by atoms with E-state index < -0.39 is 0 Å². The number of aryl methyl sites for hydroxylation is 1. The minimum atomic E-state index is 0.906. The van der Waals surface area contributed by atoms with Crippen molar-refractivity contribution in [3.63, 3.8) is 0 Å². The molecule has 66 valence electrons. The van der Waals surface area contributed by atoms with Crippen LogP contribution in [0, 0.1) is 6.92 Å². The van der Waals surface area contributed by atoms with Crippen molar-refractivity contribution in [2.24, 2.45) is 0 Å². The third-order valence-corrected chi connectivity index (χ3v) is 1.83. The van der Waals surface area contributed by atoms with Crippen LogP contribution < -0.4 is 5.32 Å². The van der Waals surface area contributed by atoms with Crippen molar-refractivity contribution < 1.29 is 0 Å². The van der Waals surface area contributed by atoms with Crippen molar-refractivity contribution in [1.82, 2.24) is 9.97 Å². The van der Waals surface area contributed by atoms with Crippen LogP contribution in [-0.2, 0) is 0 Å². The van der Waals surface area contributed by atoms with E-state index in [1.54, 1.807) is 12.5 Å². The van der Waals surface area contributed by atoms with Crippen molar-refractivity contribution in [2.75, 3.05) is 5.32 Å². The van der Waals surface area contributed by atoms with Crippen molar-refractivity contribution in [2.45, 2.75) is 6.92 Å². The third-order valence-electron chi connectivity index (χ3n) is 1.83. The Morgan fingerprint density at radius 3 is 2.62 bits per heavy atom. The zero-order valence-corrected chi connectivity index (χ0v) is 7.41. The first-order chi connectivity index (χ1) is 6.34. The summed E-state index contributed by atoms with van der Waals surface area (Å²) in [6.45, 7) is 2.07. The van der Waals surface area contributed by atoms with Crippen molar-refractivity contribution in [3.05, 3.63) is 42.4 Å². The Balaban J connectivity index is 2.15. The number of rotatable bonds is 2. The fourth-order valence-corrected chi connectivity index (χ4v) is 1.12. The number of aromatic amines is 1. The number of hydrogen-bond acceptors (Lipinski definition) is 2. The highest BCUT2D eigenvalue weighted by Crippen LogP contribution is 2.13. The molecule has 0 saturated heterocycles. The Hall–Kier alpha value is -1.77. The lowest BCUT2D eigenvalue weighted by Gasteiger charge is -2.02. The number of nitrogens with zero attached hydrogens (tertiary/aromatic N) is 1. The molecule has 0 bridgehead atoms. The molecule has 0 atom stereocenters. The molecule has 1 aromatic carbocycles. The lowest BCUT2D eigenvalue weighted by Crippen LogP contribution is -1.89. The first kappa shape index (κ1) is 7.86. The van der Waals surface area contributed by atoms with E-state index >= 15 is 0 Å². The summed E-state index contributed by atoms with van der Waals surface area (Å²) in [6.07, 6.45) is 3.40. The number of anilines is 2. The number of imidazole rings is 1. The summed E-state index contributed by atoms with van der Waals surface area (Å²) in [5.41, 5.74) is 2.32. The molecular weight excluding hydrogens is 162 g/mol. The van der Waals surface area contributed by atoms with Crippen molar-refractivity contribution in [1.29, 1.82) is 0 Å². The van der Waals surface area contributed by atoms with Gasteiger partial charge in [-0.2, -0.15) is 0 Å². The van der Waals surface area contributed by atoms with Crippen LogP contribution >= 0.6 is 0 Å². The maximum atomic E-state index is 3.92. The lowest BCUT2D eigenvalue weighted by molar-refractivity contribution is 1.31. The van der Waals surface area contributed by atoms with E-state index in [0.29, 0.717) is 0 Å². The molecular formula is C10H11N3. The van der Waals surface area contributed by atoms with Gasteiger partial charge in [-0.15, -0.1) is 0 Å². The Bertz CT molecular complexity index is 362. The van der Waals surface area contributed by atoms with Crippen LogP contribution in [0.4, 0.5) is 11.5 Å². The van der Waals surface area contributed by atoms with Crippen LogP contribution in [0.1, 0.15) is 5.56 Å². The van der Waals surface area contributed by atoms with Gasteiger partial charge < -0.3 is 10.3 Å². The van der Waals surface area contributed by atoms with Crippen LogP contribution in [0.5, 0.6) is 0 Å². The summed E-state index contributed by atoms with van der Waals surface area (Å²) in [5.74, 6) is 0.906. The average molecular weight is 173 g/mol. The van der Waals surface area contributed by atoms with Gasteiger partial charge in [0.1, 0.15) is 5.82 Å². The fourth-order valence-electron chi connectivity index (χ4n) is 1.12. The molecule has 0 spiro atoms. The van der Waals surface area contributed by atoms with Gasteiger partial charge in [-0.3, -0.25) is 0 Å². The zero-order valence-electron chi connectivity index (χ0n) is 7.41. The second-order valence-electron chi connectivity index (χ2n) is 2.96. The molecule has 0 amide bonds. The number of H-pyrrole nitrogens is 1. The largest absolute Gasteiger partial charge is 0.340 e. The van der Waals surface area contributed by atoms with Gasteiger partial charge in [-0.25, -0.2) is 4.98 Å². The summed E-state index contributed by atoms with van der Waals surface area (Å²) in [5, 5.41) is 3.19. The quantitative estimate of drug-likeness (QED) is 0.732. The van der Waals surface area contributed by atoms with E-state index in [2.05, 4.69) is 34.3 Å². The van der Waals surface area contributed by atoms with Gasteiger partial charge in [-0.05, 0) is 19.1 Å². The highest BCUT2D eigenvalue weighted by Gasteiger charge is 1.93. The summed E-state index contributed by atoms with van der Waals surface area (Å²) in [7, 11) is 0. The highest BCUT2D eigenvalue weighted by atomic mass is 15.0. The van der Waals surface area contributed by atoms with Gasteiger partial charge in [0.2, 0.25) is 0 Å². The van der Waals surface area contributed by atoms with Gasteiger partial charge >= 0.3 is 0 Å². The lowest BCUT2D eigenvalue weighted by atomic mass is 10.2. The predicted octanol–water partition coefficient (Wildman–Crippen LogP) is 2.46. The highest BCUT2D eigenvalue weighted by molar-refractivity contribution is 5.55. The summed E-state index contributed by atoms with van der Waals surface area (Å²) < 4.78 is 0. The number of aromatic nitrogens is 2. The van der Waals surface area contributed by atoms with Gasteiger partial charge in [0.15, 0.2) is 0 Å². The summed E-state index contributed by atoms with van der Waals surface area (Å²) >= 11 is 0. The van der Waals surface area contributed by atoms with Crippen LogP contribution in [0.2, 0.25) is 0 Å². The maximum absolute atomic E-state index is 3.92. The van der Waals surface area contributed by atoms with E-state index in [-0.39, 0.29) is 0 Å². The summed E-state index contributed by atoms with van der Waals surface area (Å²) in [6, 6.07) is 8.21. The van der Waals surface area contributed by atoms with Gasteiger partial charge in [0.25, 0.3) is 0 Å². The molecule has 3 heteroatoms. The molecule has 0 fully saturated rings. The average Bonchev–Trinajstić information content (AvgIpc) is 2.62. The van der Waals surface area contributed by atoms with E-state index in [9.17, 15) is 0 Å². The zero-order chi connectivity index (χ0) is 9.10. The topological polar surface area (TPSA) is 40.7 Å². The Kier molecular flexibility index (Phi) is 2.00.